The smallest absolute Gasteiger partial charge is 0.331 e. The molecule has 0 atom stereocenters. The van der Waals surface area contributed by atoms with Crippen molar-refractivity contribution < 1.29 is 22.7 Å². The average molecular weight is 463 g/mol. The second kappa shape index (κ2) is 8.14. The number of piperidine rings is 1. The van der Waals surface area contributed by atoms with Crippen LogP contribution in [0.15, 0.2) is 40.2 Å². The van der Waals surface area contributed by atoms with Gasteiger partial charge in [0.15, 0.2) is 5.65 Å². The SMILES string of the molecule is Cc1cnc2c(c1)n(CC(=O)O)c(=O)n2C1CCN(S(=O)(=O)c2ccc(F)cc2C)CC1. The van der Waals surface area contributed by atoms with Gasteiger partial charge in [-0.25, -0.2) is 22.6 Å². The van der Waals surface area contributed by atoms with Crippen LogP contribution in [0, 0.1) is 19.7 Å². The lowest BCUT2D eigenvalue weighted by molar-refractivity contribution is -0.137. The molecule has 0 spiro atoms. The number of aliphatic carboxylic acids is 1. The summed E-state index contributed by atoms with van der Waals surface area (Å²) < 4.78 is 43.5. The largest absolute Gasteiger partial charge is 0.480 e. The topological polar surface area (TPSA) is 114 Å². The first kappa shape index (κ1) is 22.2. The van der Waals surface area contributed by atoms with Gasteiger partial charge in [-0.2, -0.15) is 4.31 Å². The third-order valence-electron chi connectivity index (χ3n) is 5.78. The molecule has 9 nitrogen and oxygen atoms in total. The maximum absolute atomic E-state index is 13.4. The van der Waals surface area contributed by atoms with E-state index in [9.17, 15) is 27.5 Å². The summed E-state index contributed by atoms with van der Waals surface area (Å²) in [6, 6.07) is 4.97. The molecule has 4 rings (SSSR count). The fraction of sp³-hybridized carbons (Fsp3) is 0.381. The summed E-state index contributed by atoms with van der Waals surface area (Å²) in [5, 5.41) is 9.23. The van der Waals surface area contributed by atoms with Gasteiger partial charge in [0.2, 0.25) is 10.0 Å². The van der Waals surface area contributed by atoms with Crippen molar-refractivity contribution >= 4 is 27.2 Å². The van der Waals surface area contributed by atoms with Crippen molar-refractivity contribution in [3.63, 3.8) is 0 Å². The molecule has 0 amide bonds. The summed E-state index contributed by atoms with van der Waals surface area (Å²) in [5.74, 6) is -1.64. The number of pyridine rings is 1. The Hall–Kier alpha value is -3.05. The molecule has 11 heteroatoms. The molecule has 0 aliphatic carbocycles. The molecule has 1 saturated heterocycles. The zero-order valence-electron chi connectivity index (χ0n) is 17.7. The van der Waals surface area contributed by atoms with Crippen molar-refractivity contribution in [3.05, 3.63) is 57.9 Å². The van der Waals surface area contributed by atoms with E-state index in [-0.39, 0.29) is 24.0 Å². The zero-order valence-corrected chi connectivity index (χ0v) is 18.5. The summed E-state index contributed by atoms with van der Waals surface area (Å²) in [4.78, 5) is 28.8. The molecule has 0 radical (unpaired) electrons. The number of aromatic nitrogens is 3. The van der Waals surface area contributed by atoms with Crippen LogP contribution in [0.5, 0.6) is 0 Å². The molecular weight excluding hydrogens is 439 g/mol. The maximum Gasteiger partial charge on any atom is 0.331 e. The molecule has 0 saturated carbocycles. The van der Waals surface area contributed by atoms with Crippen LogP contribution >= 0.6 is 0 Å². The Morgan fingerprint density at radius 3 is 2.53 bits per heavy atom. The highest BCUT2D eigenvalue weighted by atomic mass is 32.2. The Balaban J connectivity index is 1.64. The Kier molecular flexibility index (Phi) is 5.63. The quantitative estimate of drug-likeness (QED) is 0.621. The van der Waals surface area contributed by atoms with Crippen molar-refractivity contribution in [2.75, 3.05) is 13.1 Å². The van der Waals surface area contributed by atoms with Crippen LogP contribution in [0.1, 0.15) is 30.0 Å². The molecule has 1 fully saturated rings. The number of aryl methyl sites for hydroxylation is 2. The highest BCUT2D eigenvalue weighted by molar-refractivity contribution is 7.89. The highest BCUT2D eigenvalue weighted by Crippen LogP contribution is 2.29. The van der Waals surface area contributed by atoms with Crippen LogP contribution in [0.4, 0.5) is 4.39 Å². The Morgan fingerprint density at radius 1 is 1.22 bits per heavy atom. The van der Waals surface area contributed by atoms with E-state index in [4.69, 9.17) is 0 Å². The van der Waals surface area contributed by atoms with E-state index in [1.807, 2.05) is 0 Å². The van der Waals surface area contributed by atoms with Crippen LogP contribution in [0.3, 0.4) is 0 Å². The van der Waals surface area contributed by atoms with Crippen molar-refractivity contribution in [2.45, 2.75) is 44.2 Å². The lowest BCUT2D eigenvalue weighted by atomic mass is 10.1. The number of benzene rings is 1. The molecule has 32 heavy (non-hydrogen) atoms. The van der Waals surface area contributed by atoms with Crippen molar-refractivity contribution in [1.82, 2.24) is 18.4 Å². The molecular formula is C21H23FN4O5S. The second-order valence-corrected chi connectivity index (χ2v) is 9.94. The number of hydrogen-bond acceptors (Lipinski definition) is 5. The number of carboxylic acids is 1. The van der Waals surface area contributed by atoms with Crippen molar-refractivity contribution in [3.8, 4) is 0 Å². The first-order valence-corrected chi connectivity index (χ1v) is 11.6. The number of fused-ring (bicyclic) bond motifs is 1. The van der Waals surface area contributed by atoms with Gasteiger partial charge in [-0.15, -0.1) is 0 Å². The minimum atomic E-state index is -3.80. The van der Waals surface area contributed by atoms with Crippen LogP contribution in [-0.2, 0) is 21.4 Å². The lowest BCUT2D eigenvalue weighted by Crippen LogP contribution is -2.41. The molecule has 170 valence electrons. The van der Waals surface area contributed by atoms with Crippen molar-refractivity contribution in [2.24, 2.45) is 0 Å². The van der Waals surface area contributed by atoms with Gasteiger partial charge in [-0.05, 0) is 62.1 Å². The third kappa shape index (κ3) is 3.82. The molecule has 3 aromatic rings. The predicted molar refractivity (Wildman–Crippen MR) is 115 cm³/mol. The fourth-order valence-electron chi connectivity index (χ4n) is 4.25. The third-order valence-corrected chi connectivity index (χ3v) is 7.84. The van der Waals surface area contributed by atoms with Gasteiger partial charge in [0.25, 0.3) is 0 Å². The molecule has 2 aromatic heterocycles. The summed E-state index contributed by atoms with van der Waals surface area (Å²) in [7, 11) is -3.80. The number of halogens is 1. The van der Waals surface area contributed by atoms with Crippen LogP contribution in [0.2, 0.25) is 0 Å². The van der Waals surface area contributed by atoms with Crippen LogP contribution in [-0.4, -0.2) is 51.0 Å². The molecule has 1 aliphatic rings. The monoisotopic (exact) mass is 462 g/mol. The normalized spacial score (nSPS) is 16.0. The fourth-order valence-corrected chi connectivity index (χ4v) is 5.93. The van der Waals surface area contributed by atoms with E-state index in [1.165, 1.54) is 25.6 Å². The number of carboxylic acid groups (broad SMARTS) is 1. The second-order valence-electron chi connectivity index (χ2n) is 8.03. The molecule has 1 N–H and O–H groups in total. The van der Waals surface area contributed by atoms with Gasteiger partial charge >= 0.3 is 11.7 Å². The standard InChI is InChI=1S/C21H23FN4O5S/c1-13-9-17-20(23-11-13)26(21(29)25(17)12-19(27)28)16-5-7-24(8-6-16)32(30,31)18-4-3-15(22)10-14(18)2/h3-4,9-11,16H,5-8,12H2,1-2H3,(H,27,28). The first-order chi connectivity index (χ1) is 15.1. The summed E-state index contributed by atoms with van der Waals surface area (Å²) >= 11 is 0. The molecule has 1 aliphatic heterocycles. The number of carbonyl (C=O) groups is 1. The predicted octanol–water partition coefficient (Wildman–Crippen LogP) is 2.06. The highest BCUT2D eigenvalue weighted by Gasteiger charge is 2.33. The Bertz CT molecular complexity index is 1370. The van der Waals surface area contributed by atoms with E-state index >= 15 is 0 Å². The summed E-state index contributed by atoms with van der Waals surface area (Å²) in [5.41, 5.74) is 1.48. The van der Waals surface area contributed by atoms with Gasteiger partial charge in [0, 0.05) is 25.3 Å². The number of rotatable bonds is 5. The minimum Gasteiger partial charge on any atom is -0.480 e. The van der Waals surface area contributed by atoms with Crippen LogP contribution in [0.25, 0.3) is 11.2 Å². The van der Waals surface area contributed by atoms with Gasteiger partial charge < -0.3 is 5.11 Å². The maximum atomic E-state index is 13.4. The number of nitrogens with zero attached hydrogens (tertiary/aromatic N) is 4. The van der Waals surface area contributed by atoms with E-state index in [0.717, 1.165) is 11.6 Å². The first-order valence-electron chi connectivity index (χ1n) is 10.1. The average Bonchev–Trinajstić information content (AvgIpc) is 2.98. The van der Waals surface area contributed by atoms with Gasteiger partial charge in [-0.1, -0.05) is 0 Å². The number of sulfonamides is 1. The van der Waals surface area contributed by atoms with E-state index in [2.05, 4.69) is 4.98 Å². The molecule has 0 unspecified atom stereocenters. The minimum absolute atomic E-state index is 0.0599. The van der Waals surface area contributed by atoms with E-state index in [1.54, 1.807) is 26.1 Å². The van der Waals surface area contributed by atoms with Crippen molar-refractivity contribution in [1.29, 1.82) is 0 Å². The molecule has 1 aromatic carbocycles. The summed E-state index contributed by atoms with van der Waals surface area (Å²) in [6.45, 7) is 3.22. The van der Waals surface area contributed by atoms with E-state index < -0.39 is 34.0 Å². The molecule has 3 heterocycles. The number of imidazole rings is 1. The van der Waals surface area contributed by atoms with E-state index in [0.29, 0.717) is 29.6 Å². The Morgan fingerprint density at radius 2 is 1.91 bits per heavy atom. The Labute approximate surface area is 183 Å². The van der Waals surface area contributed by atoms with Gasteiger partial charge in [0.1, 0.15) is 12.4 Å². The number of hydrogen-bond donors (Lipinski definition) is 1. The zero-order chi connectivity index (χ0) is 23.2. The molecule has 0 bridgehead atoms. The van der Waals surface area contributed by atoms with Gasteiger partial charge in [0.05, 0.1) is 10.4 Å². The van der Waals surface area contributed by atoms with Gasteiger partial charge in [-0.3, -0.25) is 13.9 Å². The summed E-state index contributed by atoms with van der Waals surface area (Å²) in [6.07, 6.45) is 2.34. The van der Waals surface area contributed by atoms with Crippen LogP contribution < -0.4 is 5.69 Å². The lowest BCUT2D eigenvalue weighted by Gasteiger charge is -2.32.